The maximum atomic E-state index is 11.4. The van der Waals surface area contributed by atoms with E-state index in [1.54, 1.807) is 13.0 Å². The summed E-state index contributed by atoms with van der Waals surface area (Å²) in [6.07, 6.45) is 1.29. The van der Waals surface area contributed by atoms with Crippen molar-refractivity contribution < 1.29 is 0 Å². The van der Waals surface area contributed by atoms with Crippen LogP contribution in [0, 0.1) is 18.8 Å². The van der Waals surface area contributed by atoms with Crippen molar-refractivity contribution >= 4 is 11.5 Å². The van der Waals surface area contributed by atoms with Crippen LogP contribution in [-0.4, -0.2) is 26.1 Å². The Hall–Kier alpha value is -1.85. The minimum absolute atomic E-state index is 0.243. The number of nitrogens with one attached hydrogen (secondary N) is 2. The zero-order valence-electron chi connectivity index (χ0n) is 9.90. The van der Waals surface area contributed by atoms with Crippen LogP contribution in [0.4, 0.5) is 5.82 Å². The number of hydrogen-bond donors (Lipinski definition) is 2. The Labute approximate surface area is 98.1 Å². The van der Waals surface area contributed by atoms with Gasteiger partial charge in [-0.15, -0.1) is 0 Å². The Bertz CT molecular complexity index is 614. The molecule has 1 aliphatic rings. The van der Waals surface area contributed by atoms with Crippen LogP contribution < -0.4 is 11.0 Å². The molecule has 2 aromatic heterocycles. The molecule has 6 nitrogen and oxygen atoms in total. The summed E-state index contributed by atoms with van der Waals surface area (Å²) in [6.45, 7) is 4.99. The number of hydrogen-bond acceptors (Lipinski definition) is 4. The molecule has 2 aromatic rings. The number of anilines is 1. The number of aromatic amines is 1. The highest BCUT2D eigenvalue weighted by molar-refractivity contribution is 5.49. The summed E-state index contributed by atoms with van der Waals surface area (Å²) in [5.41, 5.74) is 0.362. The summed E-state index contributed by atoms with van der Waals surface area (Å²) in [4.78, 5) is 15.8. The highest BCUT2D eigenvalue weighted by Gasteiger charge is 2.31. The van der Waals surface area contributed by atoms with E-state index in [-0.39, 0.29) is 5.69 Å². The van der Waals surface area contributed by atoms with Gasteiger partial charge in [0.15, 0.2) is 5.65 Å². The van der Waals surface area contributed by atoms with Gasteiger partial charge in [0.25, 0.3) is 0 Å². The van der Waals surface area contributed by atoms with Gasteiger partial charge < -0.3 is 5.32 Å². The van der Waals surface area contributed by atoms with Crippen molar-refractivity contribution in [3.63, 3.8) is 0 Å². The first kappa shape index (κ1) is 10.3. The quantitative estimate of drug-likeness (QED) is 0.822. The Balaban J connectivity index is 1.87. The molecule has 0 aromatic carbocycles. The SMILES string of the molecule is Cc1nc(NCC2CC2C)cc2n[nH]c(=O)n12. The lowest BCUT2D eigenvalue weighted by Gasteiger charge is -2.06. The summed E-state index contributed by atoms with van der Waals surface area (Å²) in [7, 11) is 0. The van der Waals surface area contributed by atoms with Crippen LogP contribution in [0.1, 0.15) is 19.2 Å². The average Bonchev–Trinajstić information content (AvgIpc) is 2.86. The van der Waals surface area contributed by atoms with E-state index in [1.165, 1.54) is 10.8 Å². The lowest BCUT2D eigenvalue weighted by molar-refractivity contribution is 0.782. The van der Waals surface area contributed by atoms with Crippen LogP contribution in [0.15, 0.2) is 10.9 Å². The Morgan fingerprint density at radius 2 is 2.41 bits per heavy atom. The van der Waals surface area contributed by atoms with Crippen molar-refractivity contribution in [3.8, 4) is 0 Å². The summed E-state index contributed by atoms with van der Waals surface area (Å²) in [6, 6.07) is 1.79. The van der Waals surface area contributed by atoms with Gasteiger partial charge in [0, 0.05) is 12.6 Å². The van der Waals surface area contributed by atoms with Crippen molar-refractivity contribution in [3.05, 3.63) is 22.4 Å². The molecular weight excluding hydrogens is 218 g/mol. The van der Waals surface area contributed by atoms with E-state index in [2.05, 4.69) is 27.4 Å². The van der Waals surface area contributed by atoms with E-state index >= 15 is 0 Å². The Kier molecular flexibility index (Phi) is 2.17. The van der Waals surface area contributed by atoms with Crippen LogP contribution in [0.25, 0.3) is 5.65 Å². The van der Waals surface area contributed by atoms with Crippen molar-refractivity contribution in [2.45, 2.75) is 20.3 Å². The lowest BCUT2D eigenvalue weighted by Crippen LogP contribution is -2.14. The molecule has 1 aliphatic carbocycles. The van der Waals surface area contributed by atoms with Gasteiger partial charge >= 0.3 is 5.69 Å². The van der Waals surface area contributed by atoms with E-state index in [0.29, 0.717) is 11.5 Å². The van der Waals surface area contributed by atoms with E-state index in [0.717, 1.165) is 24.2 Å². The molecule has 2 heterocycles. The fourth-order valence-corrected chi connectivity index (χ4v) is 2.11. The van der Waals surface area contributed by atoms with Crippen LogP contribution in [0.5, 0.6) is 0 Å². The minimum atomic E-state index is -0.243. The average molecular weight is 233 g/mol. The van der Waals surface area contributed by atoms with E-state index < -0.39 is 0 Å². The van der Waals surface area contributed by atoms with Gasteiger partial charge in [-0.3, -0.25) is 0 Å². The van der Waals surface area contributed by atoms with Crippen molar-refractivity contribution in [2.24, 2.45) is 11.8 Å². The van der Waals surface area contributed by atoms with Gasteiger partial charge in [-0.25, -0.2) is 19.3 Å². The molecule has 6 heteroatoms. The fourth-order valence-electron chi connectivity index (χ4n) is 2.11. The predicted molar refractivity (Wildman–Crippen MR) is 64.1 cm³/mol. The molecule has 2 unspecified atom stereocenters. The number of H-pyrrole nitrogens is 1. The molecule has 0 amide bonds. The summed E-state index contributed by atoms with van der Waals surface area (Å²) >= 11 is 0. The molecule has 90 valence electrons. The van der Waals surface area contributed by atoms with E-state index in [9.17, 15) is 4.79 Å². The summed E-state index contributed by atoms with van der Waals surface area (Å²) < 4.78 is 1.46. The first-order valence-corrected chi connectivity index (χ1v) is 5.84. The lowest BCUT2D eigenvalue weighted by atomic mass is 10.3. The molecule has 0 saturated heterocycles. The van der Waals surface area contributed by atoms with E-state index in [4.69, 9.17) is 0 Å². The largest absolute Gasteiger partial charge is 0.370 e. The maximum Gasteiger partial charge on any atom is 0.349 e. The first-order chi connectivity index (χ1) is 8.15. The topological polar surface area (TPSA) is 75.1 Å². The number of fused-ring (bicyclic) bond motifs is 1. The van der Waals surface area contributed by atoms with Crippen LogP contribution in [0.3, 0.4) is 0 Å². The zero-order chi connectivity index (χ0) is 12.0. The monoisotopic (exact) mass is 233 g/mol. The standard InChI is InChI=1S/C11H15N5O/c1-6-3-8(6)5-12-9-4-10-14-15-11(17)16(10)7(2)13-9/h4,6,8,12H,3,5H2,1-2H3,(H,15,17). The third kappa shape index (κ3) is 1.79. The number of aryl methyl sites for hydroxylation is 1. The minimum Gasteiger partial charge on any atom is -0.370 e. The molecule has 0 radical (unpaired) electrons. The second-order valence-electron chi connectivity index (χ2n) is 4.76. The van der Waals surface area contributed by atoms with Gasteiger partial charge in [0.1, 0.15) is 11.6 Å². The summed E-state index contributed by atoms with van der Waals surface area (Å²) in [5, 5.41) is 9.66. The van der Waals surface area contributed by atoms with Crippen LogP contribution in [0.2, 0.25) is 0 Å². The number of rotatable bonds is 3. The highest BCUT2D eigenvalue weighted by atomic mass is 16.1. The third-order valence-corrected chi connectivity index (χ3v) is 3.39. The molecule has 2 N–H and O–H groups in total. The Morgan fingerprint density at radius 1 is 1.65 bits per heavy atom. The van der Waals surface area contributed by atoms with E-state index in [1.807, 2.05) is 0 Å². The molecule has 0 spiro atoms. The van der Waals surface area contributed by atoms with Crippen molar-refractivity contribution in [1.82, 2.24) is 19.6 Å². The molecule has 0 aliphatic heterocycles. The fraction of sp³-hybridized carbons (Fsp3) is 0.545. The van der Waals surface area contributed by atoms with Gasteiger partial charge in [-0.2, -0.15) is 5.10 Å². The third-order valence-electron chi connectivity index (χ3n) is 3.39. The normalized spacial score (nSPS) is 22.9. The molecule has 2 atom stereocenters. The van der Waals surface area contributed by atoms with Crippen molar-refractivity contribution in [2.75, 3.05) is 11.9 Å². The predicted octanol–water partition coefficient (Wildman–Crippen LogP) is 0.794. The second-order valence-corrected chi connectivity index (χ2v) is 4.76. The molecule has 0 bridgehead atoms. The summed E-state index contributed by atoms with van der Waals surface area (Å²) in [5.74, 6) is 3.01. The smallest absolute Gasteiger partial charge is 0.349 e. The molecule has 1 saturated carbocycles. The molecule has 17 heavy (non-hydrogen) atoms. The zero-order valence-corrected chi connectivity index (χ0v) is 9.90. The number of nitrogens with zero attached hydrogens (tertiary/aromatic N) is 3. The second kappa shape index (κ2) is 3.58. The Morgan fingerprint density at radius 3 is 3.12 bits per heavy atom. The van der Waals surface area contributed by atoms with Gasteiger partial charge in [0.05, 0.1) is 0 Å². The molecule has 1 fully saturated rings. The van der Waals surface area contributed by atoms with Crippen LogP contribution in [-0.2, 0) is 0 Å². The van der Waals surface area contributed by atoms with Crippen LogP contribution >= 0.6 is 0 Å². The van der Waals surface area contributed by atoms with Gasteiger partial charge in [-0.05, 0) is 25.2 Å². The first-order valence-electron chi connectivity index (χ1n) is 5.84. The number of aromatic nitrogens is 4. The molecule has 3 rings (SSSR count). The maximum absolute atomic E-state index is 11.4. The van der Waals surface area contributed by atoms with Gasteiger partial charge in [-0.1, -0.05) is 6.92 Å². The highest BCUT2D eigenvalue weighted by Crippen LogP contribution is 2.37. The van der Waals surface area contributed by atoms with Crippen molar-refractivity contribution in [1.29, 1.82) is 0 Å². The molecular formula is C11H15N5O. The van der Waals surface area contributed by atoms with Gasteiger partial charge in [0.2, 0.25) is 0 Å².